The number of ether oxygens (including phenoxy) is 1. The van der Waals surface area contributed by atoms with Crippen molar-refractivity contribution in [1.82, 2.24) is 0 Å². The third-order valence-electron chi connectivity index (χ3n) is 4.65. The number of benzene rings is 2. The Kier molecular flexibility index (Phi) is 7.27. The predicted molar refractivity (Wildman–Crippen MR) is 87.0 cm³/mol. The Hall–Kier alpha value is -1.13. The van der Waals surface area contributed by atoms with Gasteiger partial charge in [0.2, 0.25) is 0 Å². The maximum atomic E-state index is 14.3. The minimum absolute atomic E-state index is 0. The Labute approximate surface area is 171 Å². The third-order valence-corrected chi connectivity index (χ3v) is 4.65. The van der Waals surface area contributed by atoms with Gasteiger partial charge in [0.1, 0.15) is 17.2 Å². The van der Waals surface area contributed by atoms with Crippen LogP contribution in [0.15, 0.2) is 36.4 Å². The van der Waals surface area contributed by atoms with Gasteiger partial charge in [-0.05, 0) is 42.4 Å². The van der Waals surface area contributed by atoms with Crippen molar-refractivity contribution >= 4 is 5.97 Å². The van der Waals surface area contributed by atoms with Crippen LogP contribution in [0.4, 0.5) is 8.78 Å². The molecule has 0 aliphatic heterocycles. The summed E-state index contributed by atoms with van der Waals surface area (Å²) in [5, 5.41) is 0. The van der Waals surface area contributed by atoms with Gasteiger partial charge in [0.05, 0.1) is 0 Å². The summed E-state index contributed by atoms with van der Waals surface area (Å²) in [5.41, 5.74) is -0.0153. The van der Waals surface area contributed by atoms with Gasteiger partial charge in [-0.2, -0.15) is 18.2 Å². The smallest absolute Gasteiger partial charge is 0.347 e. The molecular weight excluding hydrogens is 399 g/mol. The third kappa shape index (κ3) is 4.95. The number of rotatable bonds is 3. The van der Waals surface area contributed by atoms with Gasteiger partial charge in [-0.25, -0.2) is 13.6 Å². The Morgan fingerprint density at radius 3 is 2.20 bits per heavy atom. The fourth-order valence-electron chi connectivity index (χ4n) is 3.21. The molecule has 5 heteroatoms. The van der Waals surface area contributed by atoms with Crippen molar-refractivity contribution in [3.8, 4) is 5.75 Å². The molecule has 129 valence electrons. The van der Waals surface area contributed by atoms with E-state index in [4.69, 9.17) is 4.74 Å². The van der Waals surface area contributed by atoms with Gasteiger partial charge in [-0.1, -0.05) is 19.8 Å². The second-order valence-electron chi connectivity index (χ2n) is 6.44. The minimum Gasteiger partial charge on any atom is -0.449 e. The second-order valence-corrected chi connectivity index (χ2v) is 6.44. The van der Waals surface area contributed by atoms with E-state index in [-0.39, 0.29) is 44.4 Å². The maximum Gasteiger partial charge on any atom is 0.347 e. The van der Waals surface area contributed by atoms with Crippen LogP contribution in [-0.2, 0) is 32.7 Å². The molecule has 25 heavy (non-hydrogen) atoms. The maximum absolute atomic E-state index is 14.3. The van der Waals surface area contributed by atoms with E-state index in [1.54, 1.807) is 12.1 Å². The Balaban J connectivity index is 0.00000225. The van der Waals surface area contributed by atoms with E-state index in [0.717, 1.165) is 25.7 Å². The van der Waals surface area contributed by atoms with E-state index in [2.05, 4.69) is 13.0 Å². The van der Waals surface area contributed by atoms with Crippen LogP contribution in [0, 0.1) is 23.6 Å². The second kappa shape index (κ2) is 9.00. The molecule has 0 spiro atoms. The molecule has 1 fully saturated rings. The first-order valence-corrected chi connectivity index (χ1v) is 8.22. The number of hydrogen-bond acceptors (Lipinski definition) is 2. The van der Waals surface area contributed by atoms with E-state index < -0.39 is 23.2 Å². The first-order chi connectivity index (χ1) is 11.5. The SMILES string of the molecule is CC1CCC(c2cc(F)c(C(=O)Oc3cc[c-]cc3)c(F)c2)CC1.[Y]. The number of hydrogen-bond donors (Lipinski definition) is 0. The van der Waals surface area contributed by atoms with Crippen molar-refractivity contribution in [2.45, 2.75) is 38.5 Å². The largest absolute Gasteiger partial charge is 0.449 e. The summed E-state index contributed by atoms with van der Waals surface area (Å²) in [4.78, 5) is 12.1. The molecule has 1 aliphatic rings. The summed E-state index contributed by atoms with van der Waals surface area (Å²) < 4.78 is 33.7. The van der Waals surface area contributed by atoms with E-state index in [1.165, 1.54) is 24.3 Å². The average molecular weight is 418 g/mol. The summed E-state index contributed by atoms with van der Waals surface area (Å²) in [5.74, 6) is -1.72. The fourth-order valence-corrected chi connectivity index (χ4v) is 3.21. The Bertz CT molecular complexity index is 703. The molecule has 0 N–H and O–H groups in total. The van der Waals surface area contributed by atoms with Crippen LogP contribution in [0.3, 0.4) is 0 Å². The summed E-state index contributed by atoms with van der Waals surface area (Å²) >= 11 is 0. The van der Waals surface area contributed by atoms with Crippen LogP contribution < -0.4 is 4.74 Å². The summed E-state index contributed by atoms with van der Waals surface area (Å²) in [7, 11) is 0. The number of carbonyl (C=O) groups excluding carboxylic acids is 1. The molecule has 0 aromatic heterocycles. The molecule has 3 rings (SSSR count). The average Bonchev–Trinajstić information content (AvgIpc) is 2.55. The first kappa shape index (κ1) is 20.2. The molecule has 1 radical (unpaired) electrons. The van der Waals surface area contributed by atoms with Crippen molar-refractivity contribution in [3.63, 3.8) is 0 Å². The topological polar surface area (TPSA) is 26.3 Å². The van der Waals surface area contributed by atoms with Crippen LogP contribution in [0.2, 0.25) is 0 Å². The van der Waals surface area contributed by atoms with Gasteiger partial charge >= 0.3 is 5.97 Å². The molecule has 0 unspecified atom stereocenters. The Morgan fingerprint density at radius 1 is 1.08 bits per heavy atom. The number of carbonyl (C=O) groups is 1. The molecule has 0 saturated heterocycles. The zero-order chi connectivity index (χ0) is 17.1. The van der Waals surface area contributed by atoms with Gasteiger partial charge < -0.3 is 4.74 Å². The zero-order valence-electron chi connectivity index (χ0n) is 14.1. The van der Waals surface area contributed by atoms with E-state index >= 15 is 0 Å². The predicted octanol–water partition coefficient (Wildman–Crippen LogP) is 5.28. The van der Waals surface area contributed by atoms with E-state index in [1.807, 2.05) is 0 Å². The molecule has 1 aliphatic carbocycles. The van der Waals surface area contributed by atoms with Crippen molar-refractivity contribution in [2.75, 3.05) is 0 Å². The zero-order valence-corrected chi connectivity index (χ0v) is 16.9. The van der Waals surface area contributed by atoms with Crippen LogP contribution >= 0.6 is 0 Å². The number of esters is 1. The van der Waals surface area contributed by atoms with Crippen LogP contribution in [0.1, 0.15) is 54.4 Å². The fraction of sp³-hybridized carbons (Fsp3) is 0.350. The Morgan fingerprint density at radius 2 is 1.64 bits per heavy atom. The number of halogens is 2. The molecule has 0 atom stereocenters. The molecule has 2 aromatic rings. The normalized spacial score (nSPS) is 19.8. The van der Waals surface area contributed by atoms with Crippen LogP contribution in [0.25, 0.3) is 0 Å². The van der Waals surface area contributed by atoms with Gasteiger partial charge in [0.25, 0.3) is 0 Å². The molecule has 1 saturated carbocycles. The van der Waals surface area contributed by atoms with Crippen molar-refractivity contribution in [1.29, 1.82) is 0 Å². The van der Waals surface area contributed by atoms with Crippen LogP contribution in [-0.4, -0.2) is 5.97 Å². The monoisotopic (exact) mass is 418 g/mol. The van der Waals surface area contributed by atoms with E-state index in [9.17, 15) is 13.6 Å². The summed E-state index contributed by atoms with van der Waals surface area (Å²) in [6.45, 7) is 2.19. The summed E-state index contributed by atoms with van der Waals surface area (Å²) in [6.07, 6.45) is 3.96. The molecule has 0 heterocycles. The van der Waals surface area contributed by atoms with E-state index in [0.29, 0.717) is 11.5 Å². The van der Waals surface area contributed by atoms with Crippen molar-refractivity contribution < 1.29 is 51.0 Å². The molecule has 2 aromatic carbocycles. The standard InChI is InChI=1S/C20H19F2O2.Y/c1-13-7-9-14(10-8-13)15-11-17(21)19(18(22)12-15)20(23)24-16-5-3-2-4-6-16;/h3-6,11-14H,7-10H2,1H3;/q-1;. The van der Waals surface area contributed by atoms with Gasteiger partial charge in [-0.15, -0.1) is 12.1 Å². The molecule has 2 nitrogen and oxygen atoms in total. The van der Waals surface area contributed by atoms with Gasteiger partial charge in [0.15, 0.2) is 0 Å². The van der Waals surface area contributed by atoms with Crippen LogP contribution in [0.5, 0.6) is 5.75 Å². The molecular formula is C20H19F2O2Y-. The first-order valence-electron chi connectivity index (χ1n) is 8.22. The van der Waals surface area contributed by atoms with Crippen molar-refractivity contribution in [3.05, 3.63) is 65.2 Å². The quantitative estimate of drug-likeness (QED) is 0.386. The minimum atomic E-state index is -1.03. The summed E-state index contributed by atoms with van der Waals surface area (Å²) in [6, 6.07) is 11.5. The van der Waals surface area contributed by atoms with Gasteiger partial charge in [-0.3, -0.25) is 0 Å². The molecule has 0 amide bonds. The van der Waals surface area contributed by atoms with Crippen molar-refractivity contribution in [2.24, 2.45) is 5.92 Å². The molecule has 0 bridgehead atoms. The van der Waals surface area contributed by atoms with Gasteiger partial charge in [0, 0.05) is 38.5 Å².